The lowest BCUT2D eigenvalue weighted by molar-refractivity contribution is 0.0928. The van der Waals surface area contributed by atoms with Crippen LogP contribution in [0.3, 0.4) is 0 Å². The van der Waals surface area contributed by atoms with Gasteiger partial charge in [0.2, 0.25) is 0 Å². The summed E-state index contributed by atoms with van der Waals surface area (Å²) in [5.41, 5.74) is 6.44. The average Bonchev–Trinajstić information content (AvgIpc) is 2.89. The molecular formula is C15H21FN2O. The first-order valence-corrected chi connectivity index (χ1v) is 6.81. The Morgan fingerprint density at radius 3 is 2.74 bits per heavy atom. The summed E-state index contributed by atoms with van der Waals surface area (Å²) in [6, 6.07) is 4.87. The van der Waals surface area contributed by atoms with Crippen LogP contribution in [0.25, 0.3) is 0 Å². The molecule has 0 aromatic heterocycles. The number of benzene rings is 1. The highest BCUT2D eigenvalue weighted by Gasteiger charge is 2.32. The zero-order valence-corrected chi connectivity index (χ0v) is 11.3. The predicted octanol–water partition coefficient (Wildman–Crippen LogP) is 2.38. The molecule has 1 saturated carbocycles. The van der Waals surface area contributed by atoms with E-state index in [9.17, 15) is 9.18 Å². The van der Waals surface area contributed by atoms with Crippen molar-refractivity contribution in [1.29, 1.82) is 0 Å². The molecule has 0 bridgehead atoms. The number of hydrogen-bond acceptors (Lipinski definition) is 2. The van der Waals surface area contributed by atoms with Gasteiger partial charge in [-0.3, -0.25) is 4.79 Å². The number of carbonyl (C=O) groups excluding carboxylic acids is 1. The van der Waals surface area contributed by atoms with Gasteiger partial charge in [0.1, 0.15) is 5.82 Å². The SMILES string of the molecule is Cc1cccc(C(=O)NCC2(CN)CCCC2)c1F. The summed E-state index contributed by atoms with van der Waals surface area (Å²) >= 11 is 0. The Kier molecular flexibility index (Phi) is 4.20. The maximum absolute atomic E-state index is 13.8. The second-order valence-electron chi connectivity index (χ2n) is 5.53. The molecule has 0 spiro atoms. The number of amides is 1. The highest BCUT2D eigenvalue weighted by Crippen LogP contribution is 2.36. The largest absolute Gasteiger partial charge is 0.351 e. The highest BCUT2D eigenvalue weighted by atomic mass is 19.1. The Morgan fingerprint density at radius 1 is 1.42 bits per heavy atom. The van der Waals surface area contributed by atoms with E-state index in [1.165, 1.54) is 6.07 Å². The molecule has 19 heavy (non-hydrogen) atoms. The molecule has 0 radical (unpaired) electrons. The first-order valence-electron chi connectivity index (χ1n) is 6.81. The number of halogens is 1. The first kappa shape index (κ1) is 14.0. The van der Waals surface area contributed by atoms with Crippen LogP contribution < -0.4 is 11.1 Å². The monoisotopic (exact) mass is 264 g/mol. The lowest BCUT2D eigenvalue weighted by Gasteiger charge is -2.27. The van der Waals surface area contributed by atoms with Crippen LogP contribution in [0, 0.1) is 18.2 Å². The van der Waals surface area contributed by atoms with Crippen LogP contribution in [0.1, 0.15) is 41.6 Å². The van der Waals surface area contributed by atoms with Crippen LogP contribution in [0.15, 0.2) is 18.2 Å². The Hall–Kier alpha value is -1.42. The van der Waals surface area contributed by atoms with E-state index in [1.807, 2.05) is 0 Å². The minimum absolute atomic E-state index is 0.00988. The van der Waals surface area contributed by atoms with E-state index in [0.717, 1.165) is 25.7 Å². The topological polar surface area (TPSA) is 55.1 Å². The van der Waals surface area contributed by atoms with Crippen molar-refractivity contribution in [3.05, 3.63) is 35.1 Å². The van der Waals surface area contributed by atoms with Gasteiger partial charge in [0.15, 0.2) is 0 Å². The maximum atomic E-state index is 13.8. The van der Waals surface area contributed by atoms with Crippen molar-refractivity contribution in [2.75, 3.05) is 13.1 Å². The molecular weight excluding hydrogens is 243 g/mol. The number of rotatable bonds is 4. The number of hydrogen-bond donors (Lipinski definition) is 2. The van der Waals surface area contributed by atoms with Crippen LogP contribution in [0.2, 0.25) is 0 Å². The molecule has 0 saturated heterocycles. The molecule has 1 aliphatic rings. The fourth-order valence-corrected chi connectivity index (χ4v) is 2.76. The van der Waals surface area contributed by atoms with Gasteiger partial charge in [-0.2, -0.15) is 0 Å². The van der Waals surface area contributed by atoms with Crippen LogP contribution in [-0.4, -0.2) is 19.0 Å². The van der Waals surface area contributed by atoms with Gasteiger partial charge in [-0.1, -0.05) is 25.0 Å². The normalized spacial score (nSPS) is 17.4. The molecule has 3 nitrogen and oxygen atoms in total. The van der Waals surface area contributed by atoms with Crippen molar-refractivity contribution in [2.45, 2.75) is 32.6 Å². The van der Waals surface area contributed by atoms with Gasteiger partial charge in [-0.05, 0) is 43.4 Å². The van der Waals surface area contributed by atoms with Gasteiger partial charge < -0.3 is 11.1 Å². The third-order valence-electron chi connectivity index (χ3n) is 4.16. The Bertz CT molecular complexity index is 467. The zero-order chi connectivity index (χ0) is 13.9. The van der Waals surface area contributed by atoms with Crippen LogP contribution >= 0.6 is 0 Å². The molecule has 1 amide bonds. The number of nitrogens with two attached hydrogens (primary N) is 1. The van der Waals surface area contributed by atoms with Crippen molar-refractivity contribution in [2.24, 2.45) is 11.1 Å². The summed E-state index contributed by atoms with van der Waals surface area (Å²) in [7, 11) is 0. The fourth-order valence-electron chi connectivity index (χ4n) is 2.76. The molecule has 0 atom stereocenters. The summed E-state index contributed by atoms with van der Waals surface area (Å²) < 4.78 is 13.8. The van der Waals surface area contributed by atoms with Gasteiger partial charge in [0.05, 0.1) is 5.56 Å². The average molecular weight is 264 g/mol. The number of nitrogens with one attached hydrogen (secondary N) is 1. The summed E-state index contributed by atoms with van der Waals surface area (Å²) in [6.07, 6.45) is 4.40. The van der Waals surface area contributed by atoms with Crippen molar-refractivity contribution in [3.8, 4) is 0 Å². The third-order valence-corrected chi connectivity index (χ3v) is 4.16. The van der Waals surface area contributed by atoms with E-state index in [1.54, 1.807) is 19.1 Å². The summed E-state index contributed by atoms with van der Waals surface area (Å²) in [4.78, 5) is 12.0. The smallest absolute Gasteiger partial charge is 0.254 e. The molecule has 3 N–H and O–H groups in total. The highest BCUT2D eigenvalue weighted by molar-refractivity contribution is 5.94. The number of carbonyl (C=O) groups is 1. The standard InChI is InChI=1S/C15H21FN2O/c1-11-5-4-6-12(13(11)16)14(19)18-10-15(9-17)7-2-3-8-15/h4-6H,2-3,7-10,17H2,1H3,(H,18,19). The van der Waals surface area contributed by atoms with Crippen LogP contribution in [0.5, 0.6) is 0 Å². The van der Waals surface area contributed by atoms with Crippen molar-refractivity contribution in [1.82, 2.24) is 5.32 Å². The third kappa shape index (κ3) is 2.95. The summed E-state index contributed by atoms with van der Waals surface area (Å²) in [5, 5.41) is 2.84. The Balaban J connectivity index is 2.03. The molecule has 0 unspecified atom stereocenters. The minimum atomic E-state index is -0.437. The van der Waals surface area contributed by atoms with E-state index in [-0.39, 0.29) is 16.9 Å². The van der Waals surface area contributed by atoms with Crippen molar-refractivity contribution < 1.29 is 9.18 Å². The predicted molar refractivity (Wildman–Crippen MR) is 73.4 cm³/mol. The molecule has 4 heteroatoms. The van der Waals surface area contributed by atoms with Crippen LogP contribution in [-0.2, 0) is 0 Å². The molecule has 1 fully saturated rings. The molecule has 104 valence electrons. The van der Waals surface area contributed by atoms with Crippen LogP contribution in [0.4, 0.5) is 4.39 Å². The van der Waals surface area contributed by atoms with E-state index in [2.05, 4.69) is 5.32 Å². The van der Waals surface area contributed by atoms with E-state index in [4.69, 9.17) is 5.73 Å². The second-order valence-corrected chi connectivity index (χ2v) is 5.53. The van der Waals surface area contributed by atoms with E-state index < -0.39 is 5.82 Å². The van der Waals surface area contributed by atoms with Crippen molar-refractivity contribution in [3.63, 3.8) is 0 Å². The van der Waals surface area contributed by atoms with Gasteiger partial charge in [0, 0.05) is 6.54 Å². The molecule has 0 aliphatic heterocycles. The van der Waals surface area contributed by atoms with E-state index in [0.29, 0.717) is 18.7 Å². The Morgan fingerprint density at radius 2 is 2.11 bits per heavy atom. The number of aryl methyl sites for hydroxylation is 1. The Labute approximate surface area is 113 Å². The van der Waals surface area contributed by atoms with Gasteiger partial charge in [-0.25, -0.2) is 4.39 Å². The summed E-state index contributed by atoms with van der Waals surface area (Å²) in [6.45, 7) is 2.77. The second kappa shape index (κ2) is 5.70. The first-order chi connectivity index (χ1) is 9.08. The lowest BCUT2D eigenvalue weighted by Crippen LogP contribution is -2.40. The molecule has 1 aromatic carbocycles. The zero-order valence-electron chi connectivity index (χ0n) is 11.3. The van der Waals surface area contributed by atoms with Gasteiger partial charge >= 0.3 is 0 Å². The quantitative estimate of drug-likeness (QED) is 0.877. The van der Waals surface area contributed by atoms with Crippen molar-refractivity contribution >= 4 is 5.91 Å². The molecule has 1 aromatic rings. The lowest BCUT2D eigenvalue weighted by atomic mass is 9.86. The van der Waals surface area contributed by atoms with Gasteiger partial charge in [-0.15, -0.1) is 0 Å². The fraction of sp³-hybridized carbons (Fsp3) is 0.533. The maximum Gasteiger partial charge on any atom is 0.254 e. The molecule has 2 rings (SSSR count). The molecule has 0 heterocycles. The van der Waals surface area contributed by atoms with Gasteiger partial charge in [0.25, 0.3) is 5.91 Å². The van der Waals surface area contributed by atoms with E-state index >= 15 is 0 Å². The summed E-state index contributed by atoms with van der Waals surface area (Å²) in [5.74, 6) is -0.783. The molecule has 1 aliphatic carbocycles. The minimum Gasteiger partial charge on any atom is -0.351 e.